The van der Waals surface area contributed by atoms with Crippen LogP contribution in [0.4, 0.5) is 0 Å². The van der Waals surface area contributed by atoms with E-state index < -0.39 is 0 Å². The van der Waals surface area contributed by atoms with Crippen LogP contribution in [0.1, 0.15) is 27.2 Å². The van der Waals surface area contributed by atoms with Crippen LogP contribution in [0.2, 0.25) is 0 Å². The molecular weight excluding hydrogens is 114 g/mol. The normalized spacial score (nSPS) is 15.7. The van der Waals surface area contributed by atoms with Crippen LogP contribution in [0.15, 0.2) is 0 Å². The summed E-state index contributed by atoms with van der Waals surface area (Å²) in [6.45, 7) is 6.06. The van der Waals surface area contributed by atoms with E-state index >= 15 is 0 Å². The van der Waals surface area contributed by atoms with Crippen molar-refractivity contribution in [1.82, 2.24) is 0 Å². The molecule has 1 atom stereocenters. The van der Waals surface area contributed by atoms with Crippen LogP contribution in [-0.4, -0.2) is 18.8 Å². The van der Waals surface area contributed by atoms with Crippen molar-refractivity contribution >= 4 is 0 Å². The first-order chi connectivity index (χ1) is 3.98. The third-order valence-corrected chi connectivity index (χ3v) is 1.37. The number of methoxy groups -OCH3 is 1. The van der Waals surface area contributed by atoms with Gasteiger partial charge in [0.2, 0.25) is 0 Å². The first-order valence-electron chi connectivity index (χ1n) is 3.28. The Hall–Kier alpha value is -0.0800. The van der Waals surface area contributed by atoms with Crippen molar-refractivity contribution < 1.29 is 4.74 Å². The molecule has 0 heterocycles. The molecule has 2 N–H and O–H groups in total. The van der Waals surface area contributed by atoms with Gasteiger partial charge in [0.15, 0.2) is 0 Å². The highest BCUT2D eigenvalue weighted by Gasteiger charge is 2.17. The average molecular weight is 131 g/mol. The fourth-order valence-corrected chi connectivity index (χ4v) is 0.859. The van der Waals surface area contributed by atoms with Gasteiger partial charge in [0.05, 0.1) is 5.60 Å². The molecule has 0 bridgehead atoms. The van der Waals surface area contributed by atoms with E-state index in [2.05, 4.69) is 0 Å². The summed E-state index contributed by atoms with van der Waals surface area (Å²) < 4.78 is 5.17. The fourth-order valence-electron chi connectivity index (χ4n) is 0.859. The lowest BCUT2D eigenvalue weighted by Gasteiger charge is -2.24. The van der Waals surface area contributed by atoms with Crippen molar-refractivity contribution in [3.8, 4) is 0 Å². The summed E-state index contributed by atoms with van der Waals surface area (Å²) >= 11 is 0. The maximum absolute atomic E-state index is 5.57. The second-order valence-corrected chi connectivity index (χ2v) is 3.15. The van der Waals surface area contributed by atoms with Gasteiger partial charge >= 0.3 is 0 Å². The molecule has 0 fully saturated rings. The molecule has 9 heavy (non-hydrogen) atoms. The third kappa shape index (κ3) is 4.43. The molecule has 0 radical (unpaired) electrons. The van der Waals surface area contributed by atoms with E-state index in [1.807, 2.05) is 20.8 Å². The largest absolute Gasteiger partial charge is 0.379 e. The minimum atomic E-state index is -0.0613. The van der Waals surface area contributed by atoms with Gasteiger partial charge in [-0.1, -0.05) is 0 Å². The summed E-state index contributed by atoms with van der Waals surface area (Å²) in [4.78, 5) is 0. The van der Waals surface area contributed by atoms with Crippen molar-refractivity contribution in [3.05, 3.63) is 0 Å². The molecule has 0 aromatic carbocycles. The standard InChI is InChI=1S/C7H17NO/c1-6(8)5-7(2,3)9-4/h6H,5,8H2,1-4H3/t6-/m0/s1. The van der Waals surface area contributed by atoms with Crippen LogP contribution < -0.4 is 5.73 Å². The van der Waals surface area contributed by atoms with Gasteiger partial charge in [0.1, 0.15) is 0 Å². The molecule has 0 saturated heterocycles. The molecule has 0 aliphatic heterocycles. The average Bonchev–Trinajstić information content (AvgIpc) is 1.63. The van der Waals surface area contributed by atoms with E-state index in [4.69, 9.17) is 10.5 Å². The lowest BCUT2D eigenvalue weighted by molar-refractivity contribution is 0.0114. The Labute approximate surface area is 57.4 Å². The molecule has 0 amide bonds. The van der Waals surface area contributed by atoms with Gasteiger partial charge in [0.25, 0.3) is 0 Å². The van der Waals surface area contributed by atoms with Gasteiger partial charge in [-0.25, -0.2) is 0 Å². The second kappa shape index (κ2) is 3.18. The van der Waals surface area contributed by atoms with Crippen molar-refractivity contribution in [1.29, 1.82) is 0 Å². The molecule has 0 aliphatic carbocycles. The van der Waals surface area contributed by atoms with Crippen molar-refractivity contribution in [2.75, 3.05) is 7.11 Å². The van der Waals surface area contributed by atoms with E-state index in [0.717, 1.165) is 6.42 Å². The molecule has 56 valence electrons. The number of hydrogen-bond acceptors (Lipinski definition) is 2. The Balaban J connectivity index is 3.58. The minimum absolute atomic E-state index is 0.0613. The molecule has 0 aromatic heterocycles. The zero-order valence-corrected chi connectivity index (χ0v) is 6.77. The van der Waals surface area contributed by atoms with Gasteiger partial charge in [-0.2, -0.15) is 0 Å². The Morgan fingerprint density at radius 1 is 1.56 bits per heavy atom. The maximum Gasteiger partial charge on any atom is 0.0637 e. The second-order valence-electron chi connectivity index (χ2n) is 3.15. The van der Waals surface area contributed by atoms with Crippen molar-refractivity contribution in [3.63, 3.8) is 0 Å². The van der Waals surface area contributed by atoms with Crippen LogP contribution in [0.25, 0.3) is 0 Å². The lowest BCUT2D eigenvalue weighted by Crippen LogP contribution is -2.31. The Morgan fingerprint density at radius 3 is 2.11 bits per heavy atom. The smallest absolute Gasteiger partial charge is 0.0637 e. The van der Waals surface area contributed by atoms with E-state index in [-0.39, 0.29) is 11.6 Å². The van der Waals surface area contributed by atoms with E-state index in [1.165, 1.54) is 0 Å². The SMILES string of the molecule is COC(C)(C)C[C@H](C)N. The predicted molar refractivity (Wildman–Crippen MR) is 39.4 cm³/mol. The van der Waals surface area contributed by atoms with E-state index in [9.17, 15) is 0 Å². The third-order valence-electron chi connectivity index (χ3n) is 1.37. The predicted octanol–water partition coefficient (Wildman–Crippen LogP) is 1.15. The monoisotopic (exact) mass is 131 g/mol. The van der Waals surface area contributed by atoms with Gasteiger partial charge in [0, 0.05) is 13.2 Å². The molecule has 0 saturated carbocycles. The quantitative estimate of drug-likeness (QED) is 0.623. The highest BCUT2D eigenvalue weighted by Crippen LogP contribution is 2.13. The highest BCUT2D eigenvalue weighted by atomic mass is 16.5. The van der Waals surface area contributed by atoms with Crippen molar-refractivity contribution in [2.24, 2.45) is 5.73 Å². The summed E-state index contributed by atoms with van der Waals surface area (Å²) in [6, 6.07) is 0.222. The topological polar surface area (TPSA) is 35.2 Å². The van der Waals surface area contributed by atoms with Crippen molar-refractivity contribution in [2.45, 2.75) is 38.8 Å². The Kier molecular flexibility index (Phi) is 3.15. The summed E-state index contributed by atoms with van der Waals surface area (Å²) in [6.07, 6.45) is 0.906. The molecule has 0 aromatic rings. The van der Waals surface area contributed by atoms with E-state index in [0.29, 0.717) is 0 Å². The summed E-state index contributed by atoms with van der Waals surface area (Å²) in [5.41, 5.74) is 5.51. The minimum Gasteiger partial charge on any atom is -0.379 e. The summed E-state index contributed by atoms with van der Waals surface area (Å²) in [7, 11) is 1.71. The number of hydrogen-bond donors (Lipinski definition) is 1. The molecule has 0 rings (SSSR count). The lowest BCUT2D eigenvalue weighted by atomic mass is 10.0. The van der Waals surface area contributed by atoms with Crippen LogP contribution in [0, 0.1) is 0 Å². The van der Waals surface area contributed by atoms with Gasteiger partial charge in [-0.05, 0) is 27.2 Å². The maximum atomic E-state index is 5.57. The molecule has 2 heteroatoms. The molecule has 0 unspecified atom stereocenters. The van der Waals surface area contributed by atoms with E-state index in [1.54, 1.807) is 7.11 Å². The van der Waals surface area contributed by atoms with Crippen LogP contribution >= 0.6 is 0 Å². The Morgan fingerprint density at radius 2 is 2.00 bits per heavy atom. The van der Waals surface area contributed by atoms with Gasteiger partial charge in [-0.15, -0.1) is 0 Å². The fraction of sp³-hybridized carbons (Fsp3) is 1.00. The molecule has 0 aliphatic rings. The summed E-state index contributed by atoms with van der Waals surface area (Å²) in [5, 5.41) is 0. The molecule has 2 nitrogen and oxygen atoms in total. The van der Waals surface area contributed by atoms with Gasteiger partial charge in [-0.3, -0.25) is 0 Å². The zero-order valence-electron chi connectivity index (χ0n) is 6.77. The first-order valence-corrected chi connectivity index (χ1v) is 3.28. The highest BCUT2D eigenvalue weighted by molar-refractivity contribution is 4.72. The number of ether oxygens (including phenoxy) is 1. The van der Waals surface area contributed by atoms with Crippen LogP contribution in [0.5, 0.6) is 0 Å². The molecular formula is C7H17NO. The zero-order chi connectivity index (χ0) is 7.49. The van der Waals surface area contributed by atoms with Gasteiger partial charge < -0.3 is 10.5 Å². The number of rotatable bonds is 3. The summed E-state index contributed by atoms with van der Waals surface area (Å²) in [5.74, 6) is 0. The Bertz CT molecular complexity index is 79.0. The van der Waals surface area contributed by atoms with Crippen LogP contribution in [-0.2, 0) is 4.74 Å². The van der Waals surface area contributed by atoms with Crippen LogP contribution in [0.3, 0.4) is 0 Å². The molecule has 0 spiro atoms. The number of nitrogens with two attached hydrogens (primary N) is 1. The first kappa shape index (κ1) is 8.92.